The SMILES string of the molecule is CCN(CC)Cc1cccc(CN=C(N)N(C)C2CC2)c1.I. The highest BCUT2D eigenvalue weighted by atomic mass is 127. The molecule has 0 amide bonds. The number of nitrogens with two attached hydrogens (primary N) is 1. The zero-order valence-corrected chi connectivity index (χ0v) is 16.3. The maximum atomic E-state index is 6.04. The molecule has 0 aromatic heterocycles. The zero-order valence-electron chi connectivity index (χ0n) is 14.0. The van der Waals surface area contributed by atoms with Gasteiger partial charge in [-0.1, -0.05) is 38.1 Å². The summed E-state index contributed by atoms with van der Waals surface area (Å²) in [4.78, 5) is 9.03. The molecule has 0 atom stereocenters. The molecule has 1 aliphatic rings. The Bertz CT molecular complexity index is 481. The van der Waals surface area contributed by atoms with E-state index in [2.05, 4.69) is 52.9 Å². The molecule has 22 heavy (non-hydrogen) atoms. The van der Waals surface area contributed by atoms with E-state index >= 15 is 0 Å². The van der Waals surface area contributed by atoms with Gasteiger partial charge in [-0.15, -0.1) is 24.0 Å². The van der Waals surface area contributed by atoms with E-state index in [0.29, 0.717) is 18.5 Å². The number of rotatable bonds is 7. The summed E-state index contributed by atoms with van der Waals surface area (Å²) in [6, 6.07) is 9.28. The third kappa shape index (κ3) is 5.76. The first kappa shape index (κ1) is 19.2. The molecule has 0 aliphatic heterocycles. The molecule has 2 N–H and O–H groups in total. The highest BCUT2D eigenvalue weighted by Crippen LogP contribution is 2.24. The van der Waals surface area contributed by atoms with Crippen molar-refractivity contribution < 1.29 is 0 Å². The Balaban J connectivity index is 0.00000242. The van der Waals surface area contributed by atoms with E-state index in [1.165, 1.54) is 24.0 Å². The summed E-state index contributed by atoms with van der Waals surface area (Å²) >= 11 is 0. The lowest BCUT2D eigenvalue weighted by molar-refractivity contribution is 0.296. The fraction of sp³-hybridized carbons (Fsp3) is 0.588. The Morgan fingerprint density at radius 2 is 1.86 bits per heavy atom. The number of nitrogens with zero attached hydrogens (tertiary/aromatic N) is 3. The molecular weight excluding hydrogens is 387 g/mol. The van der Waals surface area contributed by atoms with Crippen LogP contribution in [-0.2, 0) is 13.1 Å². The number of halogens is 1. The van der Waals surface area contributed by atoms with Gasteiger partial charge in [-0.2, -0.15) is 0 Å². The molecule has 124 valence electrons. The topological polar surface area (TPSA) is 44.9 Å². The molecule has 1 aliphatic carbocycles. The number of hydrogen-bond donors (Lipinski definition) is 1. The first-order valence-electron chi connectivity index (χ1n) is 7.97. The molecule has 1 aromatic carbocycles. The van der Waals surface area contributed by atoms with Gasteiger partial charge in [0.15, 0.2) is 5.96 Å². The normalized spacial score (nSPS) is 14.8. The van der Waals surface area contributed by atoms with E-state index in [0.717, 1.165) is 19.6 Å². The summed E-state index contributed by atoms with van der Waals surface area (Å²) in [5.74, 6) is 0.659. The van der Waals surface area contributed by atoms with Crippen molar-refractivity contribution in [3.63, 3.8) is 0 Å². The highest BCUT2D eigenvalue weighted by Gasteiger charge is 2.27. The summed E-state index contributed by atoms with van der Waals surface area (Å²) in [5.41, 5.74) is 8.61. The lowest BCUT2D eigenvalue weighted by Gasteiger charge is -2.18. The fourth-order valence-electron chi connectivity index (χ4n) is 2.46. The van der Waals surface area contributed by atoms with Gasteiger partial charge in [-0.05, 0) is 37.1 Å². The van der Waals surface area contributed by atoms with Crippen LogP contribution in [0.1, 0.15) is 37.8 Å². The third-order valence-corrected chi connectivity index (χ3v) is 4.17. The van der Waals surface area contributed by atoms with E-state index in [1.54, 1.807) is 0 Å². The molecule has 0 heterocycles. The molecule has 0 saturated heterocycles. The lowest BCUT2D eigenvalue weighted by Crippen LogP contribution is -2.35. The van der Waals surface area contributed by atoms with Crippen LogP contribution in [0.5, 0.6) is 0 Å². The van der Waals surface area contributed by atoms with E-state index in [9.17, 15) is 0 Å². The Kier molecular flexibility index (Phi) is 8.17. The largest absolute Gasteiger partial charge is 0.370 e. The summed E-state index contributed by atoms with van der Waals surface area (Å²) in [5, 5.41) is 0. The molecule has 4 nitrogen and oxygen atoms in total. The van der Waals surface area contributed by atoms with Crippen LogP contribution in [0.3, 0.4) is 0 Å². The maximum Gasteiger partial charge on any atom is 0.191 e. The average Bonchev–Trinajstić information content (AvgIpc) is 3.34. The summed E-state index contributed by atoms with van der Waals surface area (Å²) in [6.07, 6.45) is 2.48. The summed E-state index contributed by atoms with van der Waals surface area (Å²) in [6.45, 7) is 8.23. The minimum absolute atomic E-state index is 0. The first-order valence-corrected chi connectivity index (χ1v) is 7.97. The van der Waals surface area contributed by atoms with Crippen LogP contribution in [0.25, 0.3) is 0 Å². The molecule has 1 fully saturated rings. The van der Waals surface area contributed by atoms with E-state index < -0.39 is 0 Å². The standard InChI is InChI=1S/C17H28N4.HI/c1-4-21(5-2)13-15-8-6-7-14(11-15)12-19-17(18)20(3)16-9-10-16;/h6-8,11,16H,4-5,9-10,12-13H2,1-3H3,(H2,18,19);1H. The second kappa shape index (κ2) is 9.35. The van der Waals surface area contributed by atoms with Crippen molar-refractivity contribution in [1.29, 1.82) is 0 Å². The summed E-state index contributed by atoms with van der Waals surface area (Å²) < 4.78 is 0. The van der Waals surface area contributed by atoms with Gasteiger partial charge in [0.2, 0.25) is 0 Å². The average molecular weight is 416 g/mol. The molecule has 0 spiro atoms. The van der Waals surface area contributed by atoms with Crippen molar-refractivity contribution in [2.45, 2.75) is 45.8 Å². The second-order valence-corrected chi connectivity index (χ2v) is 5.80. The van der Waals surface area contributed by atoms with E-state index in [-0.39, 0.29) is 24.0 Å². The van der Waals surface area contributed by atoms with Crippen LogP contribution in [0.4, 0.5) is 0 Å². The van der Waals surface area contributed by atoms with Crippen LogP contribution in [0.15, 0.2) is 29.3 Å². The van der Waals surface area contributed by atoms with Crippen LogP contribution >= 0.6 is 24.0 Å². The Labute approximate surface area is 151 Å². The minimum Gasteiger partial charge on any atom is -0.370 e. The Morgan fingerprint density at radius 1 is 1.23 bits per heavy atom. The molecule has 0 bridgehead atoms. The first-order chi connectivity index (χ1) is 10.1. The lowest BCUT2D eigenvalue weighted by atomic mass is 10.1. The predicted octanol–water partition coefficient (Wildman–Crippen LogP) is 3.06. The Morgan fingerprint density at radius 3 is 2.45 bits per heavy atom. The number of aliphatic imine (C=N–C) groups is 1. The van der Waals surface area contributed by atoms with Gasteiger partial charge in [0.25, 0.3) is 0 Å². The van der Waals surface area contributed by atoms with Gasteiger partial charge in [0, 0.05) is 19.6 Å². The van der Waals surface area contributed by atoms with Crippen molar-refractivity contribution in [2.24, 2.45) is 10.7 Å². The molecular formula is C17H29IN4. The number of guanidine groups is 1. The molecule has 5 heteroatoms. The van der Waals surface area contributed by atoms with Crippen molar-refractivity contribution in [3.8, 4) is 0 Å². The van der Waals surface area contributed by atoms with Crippen molar-refractivity contribution in [2.75, 3.05) is 20.1 Å². The molecule has 1 saturated carbocycles. The highest BCUT2D eigenvalue weighted by molar-refractivity contribution is 14.0. The van der Waals surface area contributed by atoms with Crippen molar-refractivity contribution >= 4 is 29.9 Å². The molecule has 1 aromatic rings. The third-order valence-electron chi connectivity index (χ3n) is 4.17. The maximum absolute atomic E-state index is 6.04. The van der Waals surface area contributed by atoms with Gasteiger partial charge >= 0.3 is 0 Å². The van der Waals surface area contributed by atoms with Gasteiger partial charge < -0.3 is 10.6 Å². The number of hydrogen-bond acceptors (Lipinski definition) is 2. The van der Waals surface area contributed by atoms with Crippen LogP contribution < -0.4 is 5.73 Å². The Hall–Kier alpha value is -0.820. The van der Waals surface area contributed by atoms with Crippen LogP contribution in [0, 0.1) is 0 Å². The zero-order chi connectivity index (χ0) is 15.2. The predicted molar refractivity (Wildman–Crippen MR) is 105 cm³/mol. The monoisotopic (exact) mass is 416 g/mol. The second-order valence-electron chi connectivity index (χ2n) is 5.80. The molecule has 0 unspecified atom stereocenters. The van der Waals surface area contributed by atoms with Gasteiger partial charge in [0.1, 0.15) is 0 Å². The van der Waals surface area contributed by atoms with Crippen molar-refractivity contribution in [1.82, 2.24) is 9.80 Å². The smallest absolute Gasteiger partial charge is 0.191 e. The van der Waals surface area contributed by atoms with E-state index in [1.807, 2.05) is 7.05 Å². The van der Waals surface area contributed by atoms with Gasteiger partial charge in [0.05, 0.1) is 6.54 Å². The minimum atomic E-state index is 0. The fourth-order valence-corrected chi connectivity index (χ4v) is 2.46. The van der Waals surface area contributed by atoms with Gasteiger partial charge in [-0.3, -0.25) is 4.90 Å². The molecule has 0 radical (unpaired) electrons. The van der Waals surface area contributed by atoms with Crippen LogP contribution in [-0.4, -0.2) is 41.9 Å². The summed E-state index contributed by atoms with van der Waals surface area (Å²) in [7, 11) is 2.04. The molecule has 2 rings (SSSR count). The van der Waals surface area contributed by atoms with Gasteiger partial charge in [-0.25, -0.2) is 4.99 Å². The van der Waals surface area contributed by atoms with Crippen LogP contribution in [0.2, 0.25) is 0 Å². The van der Waals surface area contributed by atoms with Crippen molar-refractivity contribution in [3.05, 3.63) is 35.4 Å². The quantitative estimate of drug-likeness (QED) is 0.422. The van der Waals surface area contributed by atoms with E-state index in [4.69, 9.17) is 5.73 Å². The number of benzene rings is 1.